The maximum absolute atomic E-state index is 11.1. The monoisotopic (exact) mass is 295 g/mol. The zero-order valence-electron chi connectivity index (χ0n) is 12.3. The van der Waals surface area contributed by atoms with E-state index in [2.05, 4.69) is 24.1 Å². The third kappa shape index (κ3) is 4.71. The van der Waals surface area contributed by atoms with Gasteiger partial charge in [0.15, 0.2) is 0 Å². The van der Waals surface area contributed by atoms with Gasteiger partial charge in [-0.1, -0.05) is 19.9 Å². The molecule has 0 saturated heterocycles. The quantitative estimate of drug-likeness (QED) is 0.536. The highest BCUT2D eigenvalue weighted by Crippen LogP contribution is 2.28. The van der Waals surface area contributed by atoms with Crippen molar-refractivity contribution < 1.29 is 14.8 Å². The van der Waals surface area contributed by atoms with Gasteiger partial charge in [0.2, 0.25) is 0 Å². The molecule has 0 radical (unpaired) electrons. The molecule has 0 aromatic heterocycles. The number of anilines is 1. The normalized spacial score (nSPS) is 10.6. The number of carboxylic acids is 1. The Morgan fingerprint density at radius 1 is 1.38 bits per heavy atom. The third-order valence-corrected chi connectivity index (χ3v) is 3.18. The molecule has 7 nitrogen and oxygen atoms in total. The molecule has 0 heterocycles. The van der Waals surface area contributed by atoms with Gasteiger partial charge in [0, 0.05) is 13.1 Å². The van der Waals surface area contributed by atoms with Crippen molar-refractivity contribution in [2.24, 2.45) is 0 Å². The van der Waals surface area contributed by atoms with Gasteiger partial charge in [-0.2, -0.15) is 0 Å². The van der Waals surface area contributed by atoms with Crippen LogP contribution in [0.4, 0.5) is 11.4 Å². The van der Waals surface area contributed by atoms with Crippen LogP contribution in [0, 0.1) is 10.1 Å². The number of likely N-dealkylation sites (N-methyl/N-ethyl adjacent to an activating group) is 1. The largest absolute Gasteiger partial charge is 0.477 e. The first kappa shape index (κ1) is 16.9. The number of rotatable bonds is 9. The van der Waals surface area contributed by atoms with Crippen LogP contribution < -0.4 is 5.32 Å². The summed E-state index contributed by atoms with van der Waals surface area (Å²) < 4.78 is 0. The van der Waals surface area contributed by atoms with Gasteiger partial charge in [-0.3, -0.25) is 10.1 Å². The fraction of sp³-hybridized carbons (Fsp3) is 0.500. The van der Waals surface area contributed by atoms with Crippen molar-refractivity contribution >= 4 is 17.3 Å². The fourth-order valence-corrected chi connectivity index (χ4v) is 2.15. The summed E-state index contributed by atoms with van der Waals surface area (Å²) in [6.45, 7) is 7.30. The minimum Gasteiger partial charge on any atom is -0.477 e. The molecule has 0 spiro atoms. The minimum absolute atomic E-state index is 0.243. The van der Waals surface area contributed by atoms with Crippen LogP contribution >= 0.6 is 0 Å². The molecule has 0 amide bonds. The van der Waals surface area contributed by atoms with Crippen molar-refractivity contribution in [1.82, 2.24) is 4.90 Å². The Balaban J connectivity index is 2.81. The summed E-state index contributed by atoms with van der Waals surface area (Å²) in [6.07, 6.45) is 1.04. The predicted molar refractivity (Wildman–Crippen MR) is 81.0 cm³/mol. The van der Waals surface area contributed by atoms with Crippen molar-refractivity contribution in [3.63, 3.8) is 0 Å². The molecule has 0 aliphatic rings. The summed E-state index contributed by atoms with van der Waals surface area (Å²) in [5.41, 5.74) is -0.443. The van der Waals surface area contributed by atoms with Crippen LogP contribution in [-0.2, 0) is 0 Å². The zero-order valence-corrected chi connectivity index (χ0v) is 12.3. The fourth-order valence-electron chi connectivity index (χ4n) is 2.15. The van der Waals surface area contributed by atoms with Gasteiger partial charge in [0.05, 0.1) is 4.92 Å². The molecule has 0 atom stereocenters. The van der Waals surface area contributed by atoms with E-state index >= 15 is 0 Å². The van der Waals surface area contributed by atoms with Gasteiger partial charge in [0.1, 0.15) is 11.3 Å². The smallest absolute Gasteiger partial charge is 0.342 e. The van der Waals surface area contributed by atoms with Gasteiger partial charge in [-0.15, -0.1) is 0 Å². The summed E-state index contributed by atoms with van der Waals surface area (Å²) in [5.74, 6) is -1.30. The summed E-state index contributed by atoms with van der Waals surface area (Å²) in [7, 11) is 0. The van der Waals surface area contributed by atoms with E-state index < -0.39 is 10.9 Å². The van der Waals surface area contributed by atoms with Crippen LogP contribution in [-0.4, -0.2) is 47.1 Å². The van der Waals surface area contributed by atoms with Gasteiger partial charge in [0.25, 0.3) is 0 Å². The van der Waals surface area contributed by atoms with E-state index in [1.54, 1.807) is 0 Å². The number of nitrogens with one attached hydrogen (secondary N) is 1. The average molecular weight is 295 g/mol. The first-order valence-corrected chi connectivity index (χ1v) is 6.98. The number of benzene rings is 1. The molecule has 116 valence electrons. The molecule has 0 aliphatic heterocycles. The van der Waals surface area contributed by atoms with Crippen molar-refractivity contribution in [1.29, 1.82) is 0 Å². The molecular formula is C14H21N3O4. The van der Waals surface area contributed by atoms with Crippen LogP contribution in [0.15, 0.2) is 18.2 Å². The SMILES string of the molecule is CCCN(CC)CCNc1cccc(C(=O)O)c1[N+](=O)[O-]. The Morgan fingerprint density at radius 2 is 2.10 bits per heavy atom. The predicted octanol–water partition coefficient (Wildman–Crippen LogP) is 2.44. The van der Waals surface area contributed by atoms with E-state index in [1.165, 1.54) is 18.2 Å². The Morgan fingerprint density at radius 3 is 2.62 bits per heavy atom. The van der Waals surface area contributed by atoms with Crippen LogP contribution in [0.5, 0.6) is 0 Å². The molecule has 0 bridgehead atoms. The lowest BCUT2D eigenvalue weighted by molar-refractivity contribution is -0.384. The summed E-state index contributed by atoms with van der Waals surface area (Å²) in [5, 5.41) is 23.1. The lowest BCUT2D eigenvalue weighted by Gasteiger charge is -2.19. The topological polar surface area (TPSA) is 95.7 Å². The molecule has 1 aromatic carbocycles. The average Bonchev–Trinajstić information content (AvgIpc) is 2.45. The van der Waals surface area contributed by atoms with Crippen molar-refractivity contribution in [2.75, 3.05) is 31.5 Å². The molecule has 2 N–H and O–H groups in total. The first-order chi connectivity index (χ1) is 10.0. The third-order valence-electron chi connectivity index (χ3n) is 3.18. The standard InChI is InChI=1S/C14H21N3O4/c1-3-9-16(4-2)10-8-15-12-7-5-6-11(14(18)19)13(12)17(20)21/h5-7,15H,3-4,8-10H2,1-2H3,(H,18,19). The van der Waals surface area contributed by atoms with E-state index in [-0.39, 0.29) is 16.9 Å². The second-order valence-electron chi connectivity index (χ2n) is 4.63. The molecule has 0 saturated carbocycles. The Hall–Kier alpha value is -2.15. The van der Waals surface area contributed by atoms with Gasteiger partial charge in [-0.25, -0.2) is 4.79 Å². The van der Waals surface area contributed by atoms with E-state index in [9.17, 15) is 14.9 Å². The van der Waals surface area contributed by atoms with Crippen molar-refractivity contribution in [2.45, 2.75) is 20.3 Å². The Bertz CT molecular complexity index is 505. The maximum atomic E-state index is 11.1. The highest BCUT2D eigenvalue weighted by atomic mass is 16.6. The number of aromatic carboxylic acids is 1. The van der Waals surface area contributed by atoms with Crippen LogP contribution in [0.2, 0.25) is 0 Å². The molecule has 0 unspecified atom stereocenters. The second-order valence-corrected chi connectivity index (χ2v) is 4.63. The van der Waals surface area contributed by atoms with Crippen LogP contribution in [0.1, 0.15) is 30.6 Å². The molecule has 21 heavy (non-hydrogen) atoms. The minimum atomic E-state index is -1.30. The summed E-state index contributed by atoms with van der Waals surface area (Å²) in [6, 6.07) is 4.27. The number of hydrogen-bond donors (Lipinski definition) is 2. The molecule has 7 heteroatoms. The zero-order chi connectivity index (χ0) is 15.8. The lowest BCUT2D eigenvalue weighted by atomic mass is 10.1. The molecule has 0 aliphatic carbocycles. The first-order valence-electron chi connectivity index (χ1n) is 6.98. The Kier molecular flexibility index (Phi) is 6.61. The van der Waals surface area contributed by atoms with Gasteiger partial charge < -0.3 is 15.3 Å². The number of carbonyl (C=O) groups is 1. The summed E-state index contributed by atoms with van der Waals surface area (Å²) >= 11 is 0. The molecule has 0 fully saturated rings. The van der Waals surface area contributed by atoms with Crippen molar-refractivity contribution in [3.05, 3.63) is 33.9 Å². The lowest BCUT2D eigenvalue weighted by Crippen LogP contribution is -2.29. The van der Waals surface area contributed by atoms with E-state index in [0.29, 0.717) is 6.54 Å². The van der Waals surface area contributed by atoms with E-state index in [4.69, 9.17) is 5.11 Å². The highest BCUT2D eigenvalue weighted by molar-refractivity contribution is 5.95. The molecular weight excluding hydrogens is 274 g/mol. The maximum Gasteiger partial charge on any atom is 0.342 e. The molecule has 1 aromatic rings. The van der Waals surface area contributed by atoms with Crippen LogP contribution in [0.25, 0.3) is 0 Å². The van der Waals surface area contributed by atoms with Crippen LogP contribution in [0.3, 0.4) is 0 Å². The van der Waals surface area contributed by atoms with Gasteiger partial charge >= 0.3 is 11.7 Å². The number of carboxylic acid groups (broad SMARTS) is 1. The molecule has 1 rings (SSSR count). The Labute approximate surface area is 123 Å². The number of nitro benzene ring substituents is 1. The second kappa shape index (κ2) is 8.21. The number of hydrogen-bond acceptors (Lipinski definition) is 5. The number of nitrogens with zero attached hydrogens (tertiary/aromatic N) is 2. The number of para-hydroxylation sites is 1. The van der Waals surface area contributed by atoms with Gasteiger partial charge in [-0.05, 0) is 31.6 Å². The highest BCUT2D eigenvalue weighted by Gasteiger charge is 2.23. The van der Waals surface area contributed by atoms with E-state index in [1.807, 2.05) is 0 Å². The van der Waals surface area contributed by atoms with E-state index in [0.717, 1.165) is 26.1 Å². The summed E-state index contributed by atoms with van der Waals surface area (Å²) in [4.78, 5) is 23.7. The van der Waals surface area contributed by atoms with Crippen molar-refractivity contribution in [3.8, 4) is 0 Å². The number of nitro groups is 1.